The van der Waals surface area contributed by atoms with Gasteiger partial charge in [0.1, 0.15) is 4.91 Å². The highest BCUT2D eigenvalue weighted by atomic mass is 32.2. The standard InChI is InChI=1S/C16H18O3S/c1-11-6-8-13(9-7-11)20(18,19)15-10-12-4-2-3-5-14(12)16(15)17/h6-10,12,14H,2-5H2,1H3. The minimum absolute atomic E-state index is 0.0262. The molecule has 0 bridgehead atoms. The molecule has 1 aromatic carbocycles. The van der Waals surface area contributed by atoms with Gasteiger partial charge in [-0.15, -0.1) is 0 Å². The van der Waals surface area contributed by atoms with Gasteiger partial charge in [-0.2, -0.15) is 0 Å². The van der Waals surface area contributed by atoms with Crippen LogP contribution in [-0.4, -0.2) is 14.2 Å². The van der Waals surface area contributed by atoms with Crippen molar-refractivity contribution in [3.05, 3.63) is 40.8 Å². The number of allylic oxidation sites excluding steroid dienone is 2. The van der Waals surface area contributed by atoms with Crippen molar-refractivity contribution < 1.29 is 13.2 Å². The first-order valence-electron chi connectivity index (χ1n) is 7.08. The van der Waals surface area contributed by atoms with E-state index in [1.807, 2.05) is 6.92 Å². The molecule has 3 nitrogen and oxygen atoms in total. The topological polar surface area (TPSA) is 51.2 Å². The molecule has 2 aliphatic rings. The molecular weight excluding hydrogens is 272 g/mol. The van der Waals surface area contributed by atoms with Crippen LogP contribution in [0.3, 0.4) is 0 Å². The Labute approximate surface area is 119 Å². The van der Waals surface area contributed by atoms with Crippen LogP contribution in [0, 0.1) is 18.8 Å². The predicted octanol–water partition coefficient (Wildman–Crippen LogP) is 3.04. The van der Waals surface area contributed by atoms with Gasteiger partial charge in [0.2, 0.25) is 9.84 Å². The summed E-state index contributed by atoms with van der Waals surface area (Å²) in [5.74, 6) is -0.138. The van der Waals surface area contributed by atoms with Gasteiger partial charge in [-0.05, 0) is 37.8 Å². The Kier molecular flexibility index (Phi) is 3.28. The van der Waals surface area contributed by atoms with Crippen LogP contribution in [0.4, 0.5) is 0 Å². The maximum Gasteiger partial charge on any atom is 0.209 e. The molecule has 1 aromatic rings. The number of ketones is 1. The summed E-state index contributed by atoms with van der Waals surface area (Å²) in [6, 6.07) is 6.70. The number of Topliss-reactive ketones (excluding diaryl/α,β-unsaturated/α-hetero) is 1. The van der Waals surface area contributed by atoms with Gasteiger partial charge in [-0.25, -0.2) is 8.42 Å². The van der Waals surface area contributed by atoms with Gasteiger partial charge in [-0.3, -0.25) is 4.79 Å². The third-order valence-corrected chi connectivity index (χ3v) is 6.19. The van der Waals surface area contributed by atoms with E-state index in [9.17, 15) is 13.2 Å². The minimum atomic E-state index is -3.65. The van der Waals surface area contributed by atoms with Crippen molar-refractivity contribution in [1.82, 2.24) is 0 Å². The van der Waals surface area contributed by atoms with E-state index in [0.29, 0.717) is 0 Å². The van der Waals surface area contributed by atoms with Crippen LogP contribution in [0.15, 0.2) is 40.1 Å². The Morgan fingerprint density at radius 2 is 1.70 bits per heavy atom. The zero-order valence-corrected chi connectivity index (χ0v) is 12.3. The second-order valence-corrected chi connectivity index (χ2v) is 7.68. The van der Waals surface area contributed by atoms with Crippen molar-refractivity contribution in [2.24, 2.45) is 11.8 Å². The quantitative estimate of drug-likeness (QED) is 0.841. The number of carbonyl (C=O) groups excluding carboxylic acids is 1. The van der Waals surface area contributed by atoms with Crippen LogP contribution in [0.25, 0.3) is 0 Å². The number of aryl methyl sites for hydroxylation is 1. The minimum Gasteiger partial charge on any atom is -0.293 e. The zero-order chi connectivity index (χ0) is 14.3. The van der Waals surface area contributed by atoms with Gasteiger partial charge in [-0.1, -0.05) is 36.6 Å². The molecule has 4 heteroatoms. The fourth-order valence-electron chi connectivity index (χ4n) is 3.21. The Bertz CT molecular complexity index is 668. The van der Waals surface area contributed by atoms with Crippen molar-refractivity contribution in [1.29, 1.82) is 0 Å². The van der Waals surface area contributed by atoms with Gasteiger partial charge in [0.15, 0.2) is 5.78 Å². The summed E-state index contributed by atoms with van der Waals surface area (Å²) in [4.78, 5) is 12.6. The van der Waals surface area contributed by atoms with Crippen LogP contribution >= 0.6 is 0 Å². The van der Waals surface area contributed by atoms with Crippen molar-refractivity contribution >= 4 is 15.6 Å². The van der Waals surface area contributed by atoms with Gasteiger partial charge >= 0.3 is 0 Å². The van der Waals surface area contributed by atoms with Gasteiger partial charge in [0, 0.05) is 5.92 Å². The molecule has 1 fully saturated rings. The van der Waals surface area contributed by atoms with E-state index in [1.54, 1.807) is 30.3 Å². The molecule has 0 heterocycles. The molecule has 1 saturated carbocycles. The van der Waals surface area contributed by atoms with E-state index in [-0.39, 0.29) is 27.4 Å². The number of rotatable bonds is 2. The summed E-state index contributed by atoms with van der Waals surface area (Å²) in [6.07, 6.45) is 5.58. The molecule has 3 rings (SSSR count). The van der Waals surface area contributed by atoms with Crippen LogP contribution < -0.4 is 0 Å². The molecule has 0 N–H and O–H groups in total. The van der Waals surface area contributed by atoms with Crippen molar-refractivity contribution in [3.63, 3.8) is 0 Å². The molecular formula is C16H18O3S. The summed E-state index contributed by atoms with van der Waals surface area (Å²) in [6.45, 7) is 1.91. The number of hydrogen-bond donors (Lipinski definition) is 0. The molecule has 0 aromatic heterocycles. The highest BCUT2D eigenvalue weighted by molar-refractivity contribution is 7.96. The Morgan fingerprint density at radius 1 is 1.05 bits per heavy atom. The van der Waals surface area contributed by atoms with E-state index in [1.165, 1.54) is 0 Å². The molecule has 0 amide bonds. The van der Waals surface area contributed by atoms with E-state index in [4.69, 9.17) is 0 Å². The van der Waals surface area contributed by atoms with E-state index < -0.39 is 9.84 Å². The summed E-state index contributed by atoms with van der Waals surface area (Å²) in [5, 5.41) is 0. The monoisotopic (exact) mass is 290 g/mol. The average Bonchev–Trinajstić information content (AvgIpc) is 2.78. The second-order valence-electron chi connectivity index (χ2n) is 5.77. The third-order valence-electron chi connectivity index (χ3n) is 4.39. The molecule has 20 heavy (non-hydrogen) atoms. The molecule has 0 aliphatic heterocycles. The van der Waals surface area contributed by atoms with Crippen LogP contribution in [0.1, 0.15) is 31.2 Å². The average molecular weight is 290 g/mol. The summed E-state index contributed by atoms with van der Waals surface area (Å²) < 4.78 is 25.2. The summed E-state index contributed by atoms with van der Waals surface area (Å²) >= 11 is 0. The lowest BCUT2D eigenvalue weighted by Crippen LogP contribution is -2.22. The number of sulfone groups is 1. The van der Waals surface area contributed by atoms with Gasteiger partial charge in [0.25, 0.3) is 0 Å². The molecule has 106 valence electrons. The SMILES string of the molecule is Cc1ccc(S(=O)(=O)C2=CC3CCCCC3C2=O)cc1. The largest absolute Gasteiger partial charge is 0.293 e. The number of fused-ring (bicyclic) bond motifs is 1. The maximum absolute atomic E-state index is 12.6. The molecule has 0 spiro atoms. The van der Waals surface area contributed by atoms with Crippen molar-refractivity contribution in [2.75, 3.05) is 0 Å². The summed E-state index contributed by atoms with van der Waals surface area (Å²) in [7, 11) is -3.65. The maximum atomic E-state index is 12.6. The lowest BCUT2D eigenvalue weighted by Gasteiger charge is -2.22. The van der Waals surface area contributed by atoms with E-state index in [0.717, 1.165) is 31.2 Å². The lowest BCUT2D eigenvalue weighted by molar-refractivity contribution is -0.119. The predicted molar refractivity (Wildman–Crippen MR) is 76.9 cm³/mol. The van der Waals surface area contributed by atoms with Gasteiger partial charge in [0.05, 0.1) is 4.90 Å². The van der Waals surface area contributed by atoms with E-state index in [2.05, 4.69) is 0 Å². The molecule has 0 saturated heterocycles. The summed E-state index contributed by atoms with van der Waals surface area (Å²) in [5.41, 5.74) is 1.00. The first kappa shape index (κ1) is 13.6. The lowest BCUT2D eigenvalue weighted by atomic mass is 9.81. The van der Waals surface area contributed by atoms with Crippen LogP contribution in [0.2, 0.25) is 0 Å². The Hall–Kier alpha value is -1.42. The van der Waals surface area contributed by atoms with Crippen molar-refractivity contribution in [2.45, 2.75) is 37.5 Å². The van der Waals surface area contributed by atoms with Crippen LogP contribution in [0.5, 0.6) is 0 Å². The number of carbonyl (C=O) groups is 1. The van der Waals surface area contributed by atoms with Gasteiger partial charge < -0.3 is 0 Å². The molecule has 2 unspecified atom stereocenters. The zero-order valence-electron chi connectivity index (χ0n) is 11.5. The smallest absolute Gasteiger partial charge is 0.209 e. The van der Waals surface area contributed by atoms with E-state index >= 15 is 0 Å². The first-order valence-corrected chi connectivity index (χ1v) is 8.56. The third kappa shape index (κ3) is 2.12. The molecule has 2 aliphatic carbocycles. The molecule has 0 radical (unpaired) electrons. The fourth-order valence-corrected chi connectivity index (χ4v) is 4.73. The fraction of sp³-hybridized carbons (Fsp3) is 0.438. The first-order chi connectivity index (χ1) is 9.50. The molecule has 2 atom stereocenters. The Morgan fingerprint density at radius 3 is 2.35 bits per heavy atom. The highest BCUT2D eigenvalue weighted by Gasteiger charge is 2.42. The van der Waals surface area contributed by atoms with Crippen LogP contribution in [-0.2, 0) is 14.6 Å². The van der Waals surface area contributed by atoms with Crippen molar-refractivity contribution in [3.8, 4) is 0 Å². The number of hydrogen-bond acceptors (Lipinski definition) is 3. The number of benzene rings is 1. The highest BCUT2D eigenvalue weighted by Crippen LogP contribution is 2.41. The Balaban J connectivity index is 1.99. The normalized spacial score (nSPS) is 26.2. The second kappa shape index (κ2) is 4.85.